The van der Waals surface area contributed by atoms with E-state index in [0.29, 0.717) is 28.6 Å². The van der Waals surface area contributed by atoms with Crippen molar-refractivity contribution in [3.8, 4) is 56.4 Å². The molecule has 0 bridgehead atoms. The van der Waals surface area contributed by atoms with Crippen LogP contribution in [0, 0.1) is 15.9 Å². The van der Waals surface area contributed by atoms with E-state index in [0.717, 1.165) is 54.4 Å². The van der Waals surface area contributed by atoms with Crippen molar-refractivity contribution in [3.05, 3.63) is 222 Å². The Hall–Kier alpha value is -7.47. The predicted molar refractivity (Wildman–Crippen MR) is 265 cm³/mol. The number of para-hydroxylation sites is 5. The number of fused-ring (bicyclic) bond motifs is 9. The molecule has 12 rings (SSSR count). The third-order valence-electron chi connectivity index (χ3n) is 12.4. The minimum atomic E-state index is -0.439. The number of imidazole rings is 1. The van der Waals surface area contributed by atoms with Gasteiger partial charge in [-0.1, -0.05) is 42.5 Å². The zero-order valence-electron chi connectivity index (χ0n) is 41.2. The maximum atomic E-state index is 9.10. The van der Waals surface area contributed by atoms with Crippen LogP contribution in [0.1, 0.15) is 33.2 Å². The minimum absolute atomic E-state index is 0.121. The number of ether oxygens (including phenoxy) is 1. The Balaban J connectivity index is 1.01. The van der Waals surface area contributed by atoms with Crippen molar-refractivity contribution >= 4 is 46.4 Å². The molecule has 10 aromatic rings. The second kappa shape index (κ2) is 15.9. The van der Waals surface area contributed by atoms with Gasteiger partial charge in [0.05, 0.1) is 0 Å². The van der Waals surface area contributed by atoms with Gasteiger partial charge in [0.2, 0.25) is 0 Å². The molecule has 0 saturated carbocycles. The summed E-state index contributed by atoms with van der Waals surface area (Å²) in [4.78, 5) is 10.0. The molecule has 0 fully saturated rings. The van der Waals surface area contributed by atoms with E-state index in [2.05, 4.69) is 132 Å². The Kier molecular flexibility index (Phi) is 8.40. The molecule has 2 aliphatic rings. The van der Waals surface area contributed by atoms with Gasteiger partial charge in [0.15, 0.2) is 0 Å². The van der Waals surface area contributed by atoms with Gasteiger partial charge in [-0.2, -0.15) is 12.1 Å². The molecule has 0 unspecified atom stereocenters. The van der Waals surface area contributed by atoms with Crippen LogP contribution in [-0.2, 0) is 24.8 Å². The van der Waals surface area contributed by atoms with Crippen LogP contribution in [0.25, 0.3) is 55.8 Å². The van der Waals surface area contributed by atoms with Crippen molar-refractivity contribution in [2.45, 2.75) is 26.2 Å². The quantitative estimate of drug-likeness (QED) is 0.118. The van der Waals surface area contributed by atoms with E-state index in [1.807, 2.05) is 109 Å². The van der Waals surface area contributed by atoms with Gasteiger partial charge in [-0.3, -0.25) is 0 Å². The van der Waals surface area contributed by atoms with Crippen molar-refractivity contribution in [3.63, 3.8) is 0 Å². The van der Waals surface area contributed by atoms with Crippen molar-refractivity contribution in [1.82, 2.24) is 14.1 Å². The van der Waals surface area contributed by atoms with Gasteiger partial charge < -0.3 is 0 Å². The molecule has 66 heavy (non-hydrogen) atoms. The van der Waals surface area contributed by atoms with Crippen LogP contribution in [-0.4, -0.2) is 21.1 Å². The first-order valence-electron chi connectivity index (χ1n) is 24.3. The average molecular weight is 1040 g/mol. The Labute approximate surface area is 403 Å². The van der Waals surface area contributed by atoms with Gasteiger partial charge in [0.1, 0.15) is 0 Å². The first kappa shape index (κ1) is 34.9. The summed E-state index contributed by atoms with van der Waals surface area (Å²) in [5.41, 5.74) is 12.8. The van der Waals surface area contributed by atoms with Gasteiger partial charge >= 0.3 is 322 Å². The number of pyridine rings is 1. The van der Waals surface area contributed by atoms with Crippen molar-refractivity contribution in [2.75, 3.05) is 9.62 Å². The molecule has 2 aliphatic heterocycles. The van der Waals surface area contributed by atoms with Gasteiger partial charge in [-0.05, 0) is 11.6 Å². The number of hydrogen-bond acceptors (Lipinski definition) is 4. The van der Waals surface area contributed by atoms with E-state index in [4.69, 9.17) is 16.6 Å². The summed E-state index contributed by atoms with van der Waals surface area (Å²) in [6, 6.07) is 62.4. The average Bonchev–Trinajstić information content (AvgIpc) is 3.90. The molecular formula is C58H42BN5OPt-2. The van der Waals surface area contributed by atoms with E-state index in [1.165, 1.54) is 16.6 Å². The van der Waals surface area contributed by atoms with E-state index in [9.17, 15) is 0 Å². The standard InChI is InChI=1S/C58H42BN5O.Pt/c1-58(2,3)42-36-55(64-54-35-17-16-34-53(54)63-50-31-13-11-27-48(50)47-26-10-12-30-49(47)59(63)64)60-56(37-42)65-44-25-18-24-43(38-44)61-39-62(52-33-15-14-32-51(52)61)57-45(40-20-6-4-7-21-40)28-19-29-46(57)41-22-8-5-9-23-41;/h4-34,36-37H,1-3H3;/q-2;/i4D,6D,7D,20D,21D;. The SMILES string of the molecule is [2H]c1c([2H])c([2H])c(-c2cccc(-c3ccccc3)c2-n2[c](=[Pt])n(-c3[c-]c(Oc4cc(C(C)(C)C)cc(N5B6c7ccccc7-c7ccccc7N6c6ccc[c-]c65)n4)ccc3)c3ccccc32)c([2H])c1[2H]. The van der Waals surface area contributed by atoms with Crippen LogP contribution < -0.4 is 19.8 Å². The summed E-state index contributed by atoms with van der Waals surface area (Å²) in [5.74, 6) is 1.61. The van der Waals surface area contributed by atoms with Crippen molar-refractivity contribution < 1.29 is 30.9 Å². The number of hydrogen-bond donors (Lipinski definition) is 0. The van der Waals surface area contributed by atoms with Crippen LogP contribution in [0.3, 0.4) is 0 Å². The molecule has 0 atom stereocenters. The Bertz CT molecular complexity index is 3840. The van der Waals surface area contributed by atoms with E-state index in [-0.39, 0.29) is 30.0 Å². The number of anilines is 4. The molecule has 6 nitrogen and oxygen atoms in total. The number of aromatic nitrogens is 3. The summed E-state index contributed by atoms with van der Waals surface area (Å²) in [6.45, 7) is 6.35. The summed E-state index contributed by atoms with van der Waals surface area (Å²) in [5, 5.41) is 0. The molecule has 0 N–H and O–H groups in total. The van der Waals surface area contributed by atoms with Crippen LogP contribution in [0.5, 0.6) is 11.6 Å². The molecule has 2 aromatic heterocycles. The first-order chi connectivity index (χ1) is 34.4. The van der Waals surface area contributed by atoms with Gasteiger partial charge in [0.25, 0.3) is 0 Å². The maximum absolute atomic E-state index is 9.10. The molecule has 8 heteroatoms. The van der Waals surface area contributed by atoms with Crippen molar-refractivity contribution in [1.29, 1.82) is 0 Å². The van der Waals surface area contributed by atoms with E-state index in [1.54, 1.807) is 0 Å². The fourth-order valence-corrected chi connectivity index (χ4v) is 10.5. The summed E-state index contributed by atoms with van der Waals surface area (Å²) in [6.07, 6.45) is 0. The first-order valence-corrected chi connectivity index (χ1v) is 23.0. The van der Waals surface area contributed by atoms with Crippen LogP contribution in [0.4, 0.5) is 22.9 Å². The summed E-state index contributed by atoms with van der Waals surface area (Å²) >= 11 is 2.32. The Morgan fingerprint density at radius 3 is 2.09 bits per heavy atom. The molecule has 320 valence electrons. The van der Waals surface area contributed by atoms with Crippen LogP contribution >= 0.6 is 0 Å². The zero-order valence-corrected chi connectivity index (χ0v) is 38.5. The molecule has 0 spiro atoms. The third kappa shape index (κ3) is 6.60. The molecule has 0 radical (unpaired) electrons. The van der Waals surface area contributed by atoms with Crippen LogP contribution in [0.15, 0.2) is 200 Å². The van der Waals surface area contributed by atoms with E-state index >= 15 is 0 Å². The number of nitrogens with zero attached hydrogens (tertiary/aromatic N) is 5. The predicted octanol–water partition coefficient (Wildman–Crippen LogP) is 13.6. The molecule has 0 aliphatic carbocycles. The number of rotatable bonds is 7. The fourth-order valence-electron chi connectivity index (χ4n) is 9.45. The molecule has 0 amide bonds. The molecule has 4 heterocycles. The van der Waals surface area contributed by atoms with Gasteiger partial charge in [-0.25, -0.2) is 0 Å². The normalized spacial score (nSPS) is 13.8. The van der Waals surface area contributed by atoms with Gasteiger partial charge in [0, 0.05) is 11.3 Å². The summed E-state index contributed by atoms with van der Waals surface area (Å²) < 4.78 is 55.7. The third-order valence-corrected chi connectivity index (χ3v) is 13.4. The van der Waals surface area contributed by atoms with Crippen molar-refractivity contribution in [2.24, 2.45) is 0 Å². The Morgan fingerprint density at radius 1 is 0.621 bits per heavy atom. The van der Waals surface area contributed by atoms with E-state index < -0.39 is 18.1 Å². The summed E-state index contributed by atoms with van der Waals surface area (Å²) in [7, 11) is 0. The monoisotopic (exact) mass is 1040 g/mol. The fraction of sp³-hybridized carbons (Fsp3) is 0.0690. The Morgan fingerprint density at radius 2 is 1.29 bits per heavy atom. The zero-order chi connectivity index (χ0) is 48.9. The molecular weight excluding hydrogens is 989 g/mol. The molecule has 8 aromatic carbocycles. The van der Waals surface area contributed by atoms with Gasteiger partial charge in [-0.15, -0.1) is 6.07 Å². The molecule has 0 saturated heterocycles. The number of benzene rings is 8. The topological polar surface area (TPSA) is 38.5 Å². The van der Waals surface area contributed by atoms with Crippen LogP contribution in [0.2, 0.25) is 0 Å². The second-order valence-corrected chi connectivity index (χ2v) is 18.4. The second-order valence-electron chi connectivity index (χ2n) is 17.4.